The second-order valence-corrected chi connectivity index (χ2v) is 8.36. The van der Waals surface area contributed by atoms with Gasteiger partial charge in [0.15, 0.2) is 5.96 Å². The Morgan fingerprint density at radius 2 is 1.92 bits per heavy atom. The third-order valence-electron chi connectivity index (χ3n) is 5.59. The lowest BCUT2D eigenvalue weighted by atomic mass is 10.1. The molecule has 2 aromatic carbocycles. The van der Waals surface area contributed by atoms with Crippen LogP contribution in [-0.2, 0) is 0 Å². The first-order valence-corrected chi connectivity index (χ1v) is 11.9. The molecule has 0 aliphatic carbocycles. The predicted octanol–water partition coefficient (Wildman–Crippen LogP) is 1.50. The number of guanidine groups is 1. The number of hydrogen-bond donors (Lipinski definition) is 5. The summed E-state index contributed by atoms with van der Waals surface area (Å²) in [4.78, 5) is 36.4. The van der Waals surface area contributed by atoms with Crippen LogP contribution in [0.25, 0.3) is 28.0 Å². The van der Waals surface area contributed by atoms with Crippen LogP contribution in [0.4, 0.5) is 0 Å². The molecule has 4 rings (SSSR count). The second-order valence-electron chi connectivity index (χ2n) is 8.36. The summed E-state index contributed by atoms with van der Waals surface area (Å²) >= 11 is 0. The topological polar surface area (TPSA) is 179 Å². The van der Waals surface area contributed by atoms with Crippen molar-refractivity contribution in [1.82, 2.24) is 19.9 Å². The fraction of sp³-hybridized carbons (Fsp3) is 0.231. The highest BCUT2D eigenvalue weighted by Gasteiger charge is 2.11. The van der Waals surface area contributed by atoms with Crippen LogP contribution < -0.4 is 32.9 Å². The van der Waals surface area contributed by atoms with Gasteiger partial charge in [0.1, 0.15) is 11.4 Å². The van der Waals surface area contributed by atoms with Crippen molar-refractivity contribution in [2.45, 2.75) is 12.8 Å². The smallest absolute Gasteiger partial charge is 0.354 e. The van der Waals surface area contributed by atoms with Crippen LogP contribution in [0.2, 0.25) is 0 Å². The zero-order valence-electron chi connectivity index (χ0n) is 20.3. The number of H-pyrrole nitrogens is 1. The number of hydrogen-bond acceptors (Lipinski definition) is 6. The van der Waals surface area contributed by atoms with Crippen molar-refractivity contribution >= 4 is 22.9 Å². The minimum atomic E-state index is -0.434. The Kier molecular flexibility index (Phi) is 8.16. The van der Waals surface area contributed by atoms with Crippen molar-refractivity contribution in [2.75, 3.05) is 26.2 Å². The summed E-state index contributed by atoms with van der Waals surface area (Å²) in [5.74, 6) is 0.551. The average Bonchev–Trinajstić information content (AvgIpc) is 3.31. The highest BCUT2D eigenvalue weighted by Crippen LogP contribution is 2.26. The molecule has 0 aliphatic rings. The standard InChI is InChI=1S/C26H30N8O3/c27-10-2-13-37-21-5-1-4-18(14-21)22-15-19-16-34(26(36)33-23(19)32-22)20-8-6-17(7-9-20)24(35)30-11-3-12-31-25(28)29/h1,4-9,14-16H,2-3,10-13,27H2,(H,30,35)(H4,28,29,31)(H,32,33,36). The molecule has 1 amide bonds. The number of aromatic amines is 1. The second kappa shape index (κ2) is 11.9. The zero-order chi connectivity index (χ0) is 26.2. The Balaban J connectivity index is 1.49. The first-order chi connectivity index (χ1) is 17.9. The van der Waals surface area contributed by atoms with Gasteiger partial charge in [0.2, 0.25) is 0 Å². The molecule has 0 radical (unpaired) electrons. The minimum absolute atomic E-state index is 0.0264. The Morgan fingerprint density at radius 3 is 2.68 bits per heavy atom. The largest absolute Gasteiger partial charge is 0.494 e. The van der Waals surface area contributed by atoms with E-state index in [-0.39, 0.29) is 11.9 Å². The Labute approximate surface area is 213 Å². The number of carbonyl (C=O) groups is 1. The molecular formula is C26H30N8O3. The van der Waals surface area contributed by atoms with E-state index in [2.05, 4.69) is 20.3 Å². The molecule has 4 aromatic rings. The van der Waals surface area contributed by atoms with Gasteiger partial charge in [-0.15, -0.1) is 0 Å². The van der Waals surface area contributed by atoms with Crippen molar-refractivity contribution in [2.24, 2.45) is 22.2 Å². The fourth-order valence-corrected chi connectivity index (χ4v) is 3.73. The highest BCUT2D eigenvalue weighted by atomic mass is 16.5. The van der Waals surface area contributed by atoms with Crippen LogP contribution in [0.1, 0.15) is 23.2 Å². The Hall–Kier alpha value is -4.64. The quantitative estimate of drug-likeness (QED) is 0.117. The molecule has 0 unspecified atom stereocenters. The third kappa shape index (κ3) is 6.53. The lowest BCUT2D eigenvalue weighted by Crippen LogP contribution is -2.26. The maximum Gasteiger partial charge on any atom is 0.354 e. The fourth-order valence-electron chi connectivity index (χ4n) is 3.73. The van der Waals surface area contributed by atoms with Gasteiger partial charge >= 0.3 is 5.69 Å². The number of nitrogens with zero attached hydrogens (tertiary/aromatic N) is 3. The van der Waals surface area contributed by atoms with Gasteiger partial charge in [0.25, 0.3) is 5.91 Å². The number of ether oxygens (including phenoxy) is 1. The van der Waals surface area contributed by atoms with Crippen LogP contribution in [-0.4, -0.2) is 52.6 Å². The first-order valence-electron chi connectivity index (χ1n) is 11.9. The van der Waals surface area contributed by atoms with Crippen molar-refractivity contribution in [1.29, 1.82) is 0 Å². The summed E-state index contributed by atoms with van der Waals surface area (Å²) in [5.41, 5.74) is 19.0. The van der Waals surface area contributed by atoms with Gasteiger partial charge in [-0.2, -0.15) is 4.98 Å². The van der Waals surface area contributed by atoms with E-state index in [0.717, 1.165) is 28.8 Å². The molecule has 0 saturated carbocycles. The summed E-state index contributed by atoms with van der Waals surface area (Å²) in [6, 6.07) is 16.4. The number of nitrogens with one attached hydrogen (secondary N) is 2. The van der Waals surface area contributed by atoms with Gasteiger partial charge in [-0.25, -0.2) is 4.79 Å². The van der Waals surface area contributed by atoms with E-state index in [1.807, 2.05) is 30.3 Å². The number of rotatable bonds is 11. The molecule has 11 nitrogen and oxygen atoms in total. The van der Waals surface area contributed by atoms with Crippen LogP contribution in [0.3, 0.4) is 0 Å². The maximum absolute atomic E-state index is 12.7. The van der Waals surface area contributed by atoms with Crippen LogP contribution in [0.5, 0.6) is 5.75 Å². The number of aliphatic imine (C=N–C) groups is 1. The van der Waals surface area contributed by atoms with Gasteiger partial charge in [-0.1, -0.05) is 12.1 Å². The molecule has 8 N–H and O–H groups in total. The van der Waals surface area contributed by atoms with Crippen LogP contribution >= 0.6 is 0 Å². The molecule has 0 fully saturated rings. The minimum Gasteiger partial charge on any atom is -0.494 e. The van der Waals surface area contributed by atoms with E-state index in [9.17, 15) is 9.59 Å². The number of aromatic nitrogens is 3. The molecule has 11 heteroatoms. The van der Waals surface area contributed by atoms with E-state index in [1.165, 1.54) is 4.57 Å². The summed E-state index contributed by atoms with van der Waals surface area (Å²) < 4.78 is 7.19. The lowest BCUT2D eigenvalue weighted by Gasteiger charge is -2.07. The highest BCUT2D eigenvalue weighted by molar-refractivity contribution is 5.94. The monoisotopic (exact) mass is 502 g/mol. The molecule has 0 aliphatic heterocycles. The van der Waals surface area contributed by atoms with Gasteiger partial charge in [0, 0.05) is 41.5 Å². The maximum atomic E-state index is 12.7. The Bertz CT molecular complexity index is 1450. The molecule has 2 aromatic heterocycles. The summed E-state index contributed by atoms with van der Waals surface area (Å²) in [6.45, 7) is 2.00. The number of benzene rings is 2. The van der Waals surface area contributed by atoms with E-state index < -0.39 is 5.69 Å². The molecule has 2 heterocycles. The summed E-state index contributed by atoms with van der Waals surface area (Å²) in [5, 5.41) is 3.58. The van der Waals surface area contributed by atoms with Crippen LogP contribution in [0.15, 0.2) is 70.6 Å². The SMILES string of the molecule is NCCCOc1cccc(-c2cc3cn(-c4ccc(C(=O)NCCCN=C(N)N)cc4)c(=O)nc3[nH]2)c1. The number of amides is 1. The lowest BCUT2D eigenvalue weighted by molar-refractivity contribution is 0.0953. The van der Waals surface area contributed by atoms with Crippen molar-refractivity contribution < 1.29 is 9.53 Å². The molecule has 0 bridgehead atoms. The van der Waals surface area contributed by atoms with E-state index in [1.54, 1.807) is 30.5 Å². The summed E-state index contributed by atoms with van der Waals surface area (Å²) in [6.07, 6.45) is 3.12. The number of nitrogens with two attached hydrogens (primary N) is 3. The summed E-state index contributed by atoms with van der Waals surface area (Å²) in [7, 11) is 0. The molecule has 0 atom stereocenters. The van der Waals surface area contributed by atoms with Crippen LogP contribution in [0, 0.1) is 0 Å². The number of carbonyl (C=O) groups excluding carboxylic acids is 1. The predicted molar refractivity (Wildman–Crippen MR) is 144 cm³/mol. The van der Waals surface area contributed by atoms with Crippen molar-refractivity contribution in [3.8, 4) is 22.7 Å². The van der Waals surface area contributed by atoms with Crippen molar-refractivity contribution in [3.63, 3.8) is 0 Å². The van der Waals surface area contributed by atoms with E-state index in [4.69, 9.17) is 21.9 Å². The van der Waals surface area contributed by atoms with Gasteiger partial charge in [0.05, 0.1) is 12.3 Å². The average molecular weight is 503 g/mol. The third-order valence-corrected chi connectivity index (χ3v) is 5.59. The molecule has 0 spiro atoms. The van der Waals surface area contributed by atoms with E-state index in [0.29, 0.717) is 49.6 Å². The molecular weight excluding hydrogens is 472 g/mol. The number of fused-ring (bicyclic) bond motifs is 1. The van der Waals surface area contributed by atoms with Gasteiger partial charge in [-0.05, 0) is 61.9 Å². The Morgan fingerprint density at radius 1 is 1.11 bits per heavy atom. The van der Waals surface area contributed by atoms with E-state index >= 15 is 0 Å². The molecule has 37 heavy (non-hydrogen) atoms. The molecule has 192 valence electrons. The van der Waals surface area contributed by atoms with Gasteiger partial charge < -0.3 is 32.2 Å². The molecule has 0 saturated heterocycles. The van der Waals surface area contributed by atoms with Crippen molar-refractivity contribution in [3.05, 3.63) is 76.8 Å². The first kappa shape index (κ1) is 25.5. The van der Waals surface area contributed by atoms with Gasteiger partial charge in [-0.3, -0.25) is 14.4 Å². The zero-order valence-corrected chi connectivity index (χ0v) is 20.3. The normalized spacial score (nSPS) is 10.8.